The second kappa shape index (κ2) is 8.70. The summed E-state index contributed by atoms with van der Waals surface area (Å²) in [5, 5.41) is 6.97. The van der Waals surface area contributed by atoms with Crippen LogP contribution in [0, 0.1) is 12.8 Å². The van der Waals surface area contributed by atoms with E-state index in [1.165, 1.54) is 10.4 Å². The van der Waals surface area contributed by atoms with Crippen LogP contribution in [0.15, 0.2) is 42.7 Å². The summed E-state index contributed by atoms with van der Waals surface area (Å²) in [5.41, 5.74) is 4.28. The summed E-state index contributed by atoms with van der Waals surface area (Å²) in [6, 6.07) is 9.55. The van der Waals surface area contributed by atoms with Crippen molar-refractivity contribution in [3.05, 3.63) is 64.3 Å². The number of thiophene rings is 1. The molecule has 4 rings (SSSR count). The number of aromatic nitrogens is 1. The highest BCUT2D eigenvalue weighted by Crippen LogP contribution is 2.38. The highest BCUT2D eigenvalue weighted by atomic mass is 32.2. The number of aryl methyl sites for hydroxylation is 1. The molecular formula is C23H25N3O2S2. The standard InChI is InChI=1S/C23H25N3O2S2/c1-14(2)21(27)24-16-7-6-15(3)18(12-16)25-22(28)20-17-8-11-29-13-19(17)30-23(20)26-9-4-5-10-26/h4-7,9-10,12,14H,8,11,13H2,1-3H3,(H,24,27)(H,25,28). The Balaban J connectivity index is 1.66. The minimum Gasteiger partial charge on any atom is -0.326 e. The van der Waals surface area contributed by atoms with Gasteiger partial charge in [-0.15, -0.1) is 11.3 Å². The number of nitrogens with one attached hydrogen (secondary N) is 2. The average molecular weight is 440 g/mol. The van der Waals surface area contributed by atoms with Crippen molar-refractivity contribution in [2.45, 2.75) is 32.9 Å². The number of hydrogen-bond acceptors (Lipinski definition) is 4. The SMILES string of the molecule is Cc1ccc(NC(=O)C(C)C)cc1NC(=O)c1c(-n2cccc2)sc2c1CCSC2. The molecule has 2 N–H and O–H groups in total. The molecule has 0 fully saturated rings. The summed E-state index contributed by atoms with van der Waals surface area (Å²) in [4.78, 5) is 26.8. The lowest BCUT2D eigenvalue weighted by Crippen LogP contribution is -2.19. The monoisotopic (exact) mass is 439 g/mol. The molecule has 1 aromatic carbocycles. The first-order valence-corrected chi connectivity index (χ1v) is 12.0. The van der Waals surface area contributed by atoms with Crippen LogP contribution in [0.2, 0.25) is 0 Å². The highest BCUT2D eigenvalue weighted by Gasteiger charge is 2.26. The molecule has 0 saturated heterocycles. The lowest BCUT2D eigenvalue weighted by Gasteiger charge is -2.15. The summed E-state index contributed by atoms with van der Waals surface area (Å²) in [7, 11) is 0. The van der Waals surface area contributed by atoms with Gasteiger partial charge in [-0.25, -0.2) is 0 Å². The fraction of sp³-hybridized carbons (Fsp3) is 0.304. The van der Waals surface area contributed by atoms with Crippen LogP contribution in [0.5, 0.6) is 0 Å². The van der Waals surface area contributed by atoms with Gasteiger partial charge in [-0.1, -0.05) is 19.9 Å². The Morgan fingerprint density at radius 1 is 1.13 bits per heavy atom. The molecule has 2 aromatic heterocycles. The van der Waals surface area contributed by atoms with E-state index in [0.29, 0.717) is 11.4 Å². The zero-order valence-corrected chi connectivity index (χ0v) is 19.0. The van der Waals surface area contributed by atoms with Crippen molar-refractivity contribution in [2.75, 3.05) is 16.4 Å². The number of anilines is 2. The highest BCUT2D eigenvalue weighted by molar-refractivity contribution is 7.98. The van der Waals surface area contributed by atoms with E-state index in [4.69, 9.17) is 0 Å². The maximum atomic E-state index is 13.4. The van der Waals surface area contributed by atoms with E-state index in [1.54, 1.807) is 11.3 Å². The molecule has 7 heteroatoms. The lowest BCUT2D eigenvalue weighted by molar-refractivity contribution is -0.118. The summed E-state index contributed by atoms with van der Waals surface area (Å²) in [6.07, 6.45) is 4.87. The molecule has 5 nitrogen and oxygen atoms in total. The summed E-state index contributed by atoms with van der Waals surface area (Å²) < 4.78 is 2.02. The van der Waals surface area contributed by atoms with Gasteiger partial charge in [0, 0.05) is 40.3 Å². The van der Waals surface area contributed by atoms with E-state index in [2.05, 4.69) is 10.6 Å². The minimum absolute atomic E-state index is 0.0459. The van der Waals surface area contributed by atoms with Crippen LogP contribution < -0.4 is 10.6 Å². The minimum atomic E-state index is -0.108. The first-order valence-electron chi connectivity index (χ1n) is 10.0. The molecule has 3 aromatic rings. The van der Waals surface area contributed by atoms with Crippen LogP contribution >= 0.6 is 23.1 Å². The van der Waals surface area contributed by atoms with E-state index in [9.17, 15) is 9.59 Å². The first-order chi connectivity index (χ1) is 14.4. The van der Waals surface area contributed by atoms with Crippen molar-refractivity contribution in [1.82, 2.24) is 4.57 Å². The Morgan fingerprint density at radius 3 is 2.63 bits per heavy atom. The van der Waals surface area contributed by atoms with Crippen molar-refractivity contribution < 1.29 is 9.59 Å². The molecule has 30 heavy (non-hydrogen) atoms. The van der Waals surface area contributed by atoms with Crippen LogP contribution in [0.4, 0.5) is 11.4 Å². The van der Waals surface area contributed by atoms with Gasteiger partial charge in [-0.05, 0) is 54.5 Å². The lowest BCUT2D eigenvalue weighted by atomic mass is 10.1. The number of fused-ring (bicyclic) bond motifs is 1. The maximum Gasteiger partial charge on any atom is 0.258 e. The number of rotatable bonds is 5. The molecule has 1 aliphatic rings. The Kier molecular flexibility index (Phi) is 6.01. The first kappa shape index (κ1) is 20.8. The molecule has 0 unspecified atom stereocenters. The van der Waals surface area contributed by atoms with Gasteiger partial charge in [0.15, 0.2) is 0 Å². The third-order valence-corrected chi connectivity index (χ3v) is 7.56. The quantitative estimate of drug-likeness (QED) is 0.553. The molecule has 0 saturated carbocycles. The Bertz CT molecular complexity index is 1080. The molecule has 2 amide bonds. The van der Waals surface area contributed by atoms with Crippen molar-refractivity contribution in [1.29, 1.82) is 0 Å². The Morgan fingerprint density at radius 2 is 1.90 bits per heavy atom. The molecule has 3 heterocycles. The number of thioether (sulfide) groups is 1. The fourth-order valence-corrected chi connectivity index (χ4v) is 5.85. The van der Waals surface area contributed by atoms with Gasteiger partial charge < -0.3 is 15.2 Å². The molecule has 0 spiro atoms. The van der Waals surface area contributed by atoms with E-state index < -0.39 is 0 Å². The second-order valence-corrected chi connectivity index (χ2v) is 9.89. The number of hydrogen-bond donors (Lipinski definition) is 2. The van der Waals surface area contributed by atoms with Crippen molar-refractivity contribution in [2.24, 2.45) is 5.92 Å². The smallest absolute Gasteiger partial charge is 0.258 e. The van der Waals surface area contributed by atoms with Gasteiger partial charge in [-0.3, -0.25) is 9.59 Å². The van der Waals surface area contributed by atoms with Gasteiger partial charge in [0.05, 0.1) is 5.56 Å². The van der Waals surface area contributed by atoms with Crippen LogP contribution in [0.3, 0.4) is 0 Å². The van der Waals surface area contributed by atoms with Gasteiger partial charge >= 0.3 is 0 Å². The number of carbonyl (C=O) groups is 2. The topological polar surface area (TPSA) is 63.1 Å². The Labute approximate surface area is 184 Å². The van der Waals surface area contributed by atoms with Crippen molar-refractivity contribution in [3.63, 3.8) is 0 Å². The number of amides is 2. The average Bonchev–Trinajstić information content (AvgIpc) is 3.37. The molecule has 0 radical (unpaired) electrons. The van der Waals surface area contributed by atoms with Crippen molar-refractivity contribution >= 4 is 46.3 Å². The number of carbonyl (C=O) groups excluding carboxylic acids is 2. The van der Waals surface area contributed by atoms with Crippen LogP contribution in [0.1, 0.15) is 40.2 Å². The molecule has 156 valence electrons. The van der Waals surface area contributed by atoms with Gasteiger partial charge in [0.2, 0.25) is 5.91 Å². The summed E-state index contributed by atoms with van der Waals surface area (Å²) in [5.74, 6) is 1.74. The van der Waals surface area contributed by atoms with E-state index in [-0.39, 0.29) is 17.7 Å². The van der Waals surface area contributed by atoms with E-state index in [0.717, 1.165) is 34.1 Å². The fourth-order valence-electron chi connectivity index (χ4n) is 3.41. The predicted molar refractivity (Wildman–Crippen MR) is 126 cm³/mol. The molecular weight excluding hydrogens is 414 g/mol. The van der Waals surface area contributed by atoms with Gasteiger partial charge in [-0.2, -0.15) is 11.8 Å². The van der Waals surface area contributed by atoms with Crippen LogP contribution in [0.25, 0.3) is 5.00 Å². The van der Waals surface area contributed by atoms with Crippen LogP contribution in [-0.4, -0.2) is 22.1 Å². The van der Waals surface area contributed by atoms with Crippen molar-refractivity contribution in [3.8, 4) is 5.00 Å². The maximum absolute atomic E-state index is 13.4. The number of nitrogens with zero attached hydrogens (tertiary/aromatic N) is 1. The number of benzene rings is 1. The Hall–Kier alpha value is -2.51. The third-order valence-electron chi connectivity index (χ3n) is 5.15. The largest absolute Gasteiger partial charge is 0.326 e. The second-order valence-electron chi connectivity index (χ2n) is 7.70. The van der Waals surface area contributed by atoms with E-state index >= 15 is 0 Å². The molecule has 0 bridgehead atoms. The summed E-state index contributed by atoms with van der Waals surface area (Å²) in [6.45, 7) is 5.66. The zero-order valence-electron chi connectivity index (χ0n) is 17.3. The van der Waals surface area contributed by atoms with Crippen LogP contribution in [-0.2, 0) is 17.0 Å². The molecule has 0 atom stereocenters. The normalized spacial score (nSPS) is 13.2. The molecule has 1 aliphatic heterocycles. The zero-order chi connectivity index (χ0) is 21.3. The predicted octanol–water partition coefficient (Wildman–Crippen LogP) is 5.48. The third kappa shape index (κ3) is 4.18. The summed E-state index contributed by atoms with van der Waals surface area (Å²) >= 11 is 3.62. The van der Waals surface area contributed by atoms with E-state index in [1.807, 2.05) is 79.8 Å². The van der Waals surface area contributed by atoms with Gasteiger partial charge in [0.1, 0.15) is 5.00 Å². The van der Waals surface area contributed by atoms with Gasteiger partial charge in [0.25, 0.3) is 5.91 Å². The molecule has 0 aliphatic carbocycles.